The molecule has 0 saturated carbocycles. The van der Waals surface area contributed by atoms with E-state index in [9.17, 15) is 39.5 Å². The van der Waals surface area contributed by atoms with Gasteiger partial charge in [-0.05, 0) is 12.2 Å². The van der Waals surface area contributed by atoms with E-state index in [0.29, 0.717) is 0 Å². The number of hydrogen-bond donors (Lipinski definition) is 1. The number of allylic oxidation sites excluding steroid dienone is 2. The van der Waals surface area contributed by atoms with Gasteiger partial charge in [-0.2, -0.15) is 39.5 Å². The maximum absolute atomic E-state index is 12.4. The van der Waals surface area contributed by atoms with Gasteiger partial charge >= 0.3 is 18.5 Å². The maximum atomic E-state index is 12.4. The van der Waals surface area contributed by atoms with E-state index in [1.807, 2.05) is 0 Å². The van der Waals surface area contributed by atoms with Crippen molar-refractivity contribution < 1.29 is 44.6 Å². The summed E-state index contributed by atoms with van der Waals surface area (Å²) in [4.78, 5) is 0. The summed E-state index contributed by atoms with van der Waals surface area (Å²) in [5, 5.41) is 9.03. The first-order valence-electron chi connectivity index (χ1n) is 4.54. The summed E-state index contributed by atoms with van der Waals surface area (Å²) in [5.74, 6) is 0. The van der Waals surface area contributed by atoms with Gasteiger partial charge in [0.15, 0.2) is 5.60 Å². The van der Waals surface area contributed by atoms with Crippen LogP contribution in [-0.4, -0.2) is 29.2 Å². The van der Waals surface area contributed by atoms with Crippen LogP contribution in [-0.2, 0) is 0 Å². The minimum absolute atomic E-state index is 0.444. The first-order chi connectivity index (χ1) is 8.17. The van der Waals surface area contributed by atoms with Crippen molar-refractivity contribution in [1.82, 2.24) is 0 Å². The summed E-state index contributed by atoms with van der Waals surface area (Å²) in [6, 6.07) is 0. The zero-order valence-corrected chi connectivity index (χ0v) is 8.71. The molecule has 0 saturated heterocycles. The molecule has 0 fully saturated rings. The van der Waals surface area contributed by atoms with Crippen molar-refractivity contribution in [3.05, 3.63) is 23.3 Å². The third-order valence-electron chi connectivity index (χ3n) is 2.37. The topological polar surface area (TPSA) is 20.2 Å². The second-order valence-electron chi connectivity index (χ2n) is 3.86. The molecule has 110 valence electrons. The zero-order chi connectivity index (χ0) is 15.3. The Kier molecular flexibility index (Phi) is 3.47. The molecule has 0 radical (unpaired) electrons. The normalized spacial score (nSPS) is 26.0. The molecule has 1 rings (SSSR count). The van der Waals surface area contributed by atoms with Crippen LogP contribution in [0, 0.1) is 0 Å². The molecule has 0 aliphatic heterocycles. The van der Waals surface area contributed by atoms with Gasteiger partial charge in [-0.25, -0.2) is 0 Å². The van der Waals surface area contributed by atoms with Gasteiger partial charge in [0.2, 0.25) is 0 Å². The predicted octanol–water partition coefficient (Wildman–Crippen LogP) is 3.66. The number of aliphatic hydroxyl groups is 1. The fourth-order valence-corrected chi connectivity index (χ4v) is 1.41. The van der Waals surface area contributed by atoms with E-state index in [1.165, 1.54) is 0 Å². The van der Waals surface area contributed by atoms with Crippen molar-refractivity contribution in [3.8, 4) is 0 Å². The Labute approximate surface area is 99.6 Å². The summed E-state index contributed by atoms with van der Waals surface area (Å²) in [7, 11) is 0. The molecule has 0 aromatic carbocycles. The lowest BCUT2D eigenvalue weighted by Crippen LogP contribution is -2.47. The Morgan fingerprint density at radius 2 is 1.37 bits per heavy atom. The first kappa shape index (κ1) is 15.9. The highest BCUT2D eigenvalue weighted by Crippen LogP contribution is 2.46. The van der Waals surface area contributed by atoms with E-state index < -0.39 is 53.8 Å². The van der Waals surface area contributed by atoms with Crippen LogP contribution in [0.1, 0.15) is 6.42 Å². The molecule has 1 atom stereocenters. The predicted molar refractivity (Wildman–Crippen MR) is 43.9 cm³/mol. The van der Waals surface area contributed by atoms with Crippen LogP contribution in [0.15, 0.2) is 23.3 Å². The van der Waals surface area contributed by atoms with Gasteiger partial charge in [-0.15, -0.1) is 0 Å². The van der Waals surface area contributed by atoms with Gasteiger partial charge in [0.25, 0.3) is 0 Å². The van der Waals surface area contributed by atoms with Crippen molar-refractivity contribution in [3.63, 3.8) is 0 Å². The number of rotatable bonds is 0. The molecule has 0 heterocycles. The van der Waals surface area contributed by atoms with Crippen LogP contribution >= 0.6 is 0 Å². The second-order valence-corrected chi connectivity index (χ2v) is 3.86. The number of hydrogen-bond acceptors (Lipinski definition) is 1. The third kappa shape index (κ3) is 3.23. The van der Waals surface area contributed by atoms with Crippen LogP contribution in [0.5, 0.6) is 0 Å². The largest absolute Gasteiger partial charge is 0.421 e. The van der Waals surface area contributed by atoms with Crippen molar-refractivity contribution in [1.29, 1.82) is 0 Å². The summed E-state index contributed by atoms with van der Waals surface area (Å²) in [5.41, 5.74) is -8.48. The molecule has 0 aromatic heterocycles. The molecule has 0 aromatic rings. The number of halogens is 9. The van der Waals surface area contributed by atoms with E-state index in [-0.39, 0.29) is 0 Å². The molecule has 1 aliphatic rings. The summed E-state index contributed by atoms with van der Waals surface area (Å²) in [6.07, 6.45) is -19.6. The zero-order valence-electron chi connectivity index (χ0n) is 8.71. The molecule has 1 nitrogen and oxygen atoms in total. The van der Waals surface area contributed by atoms with Crippen LogP contribution in [0.25, 0.3) is 0 Å². The Morgan fingerprint density at radius 3 is 1.68 bits per heavy atom. The van der Waals surface area contributed by atoms with Gasteiger partial charge in [-0.3, -0.25) is 0 Å². The van der Waals surface area contributed by atoms with E-state index in [0.717, 1.165) is 0 Å². The Bertz CT molecular complexity index is 422. The highest BCUT2D eigenvalue weighted by Gasteiger charge is 2.58. The van der Waals surface area contributed by atoms with E-state index >= 15 is 0 Å². The van der Waals surface area contributed by atoms with Crippen molar-refractivity contribution in [2.24, 2.45) is 0 Å². The minimum atomic E-state index is -5.66. The fourth-order valence-electron chi connectivity index (χ4n) is 1.41. The molecule has 10 heteroatoms. The van der Waals surface area contributed by atoms with Crippen LogP contribution in [0.3, 0.4) is 0 Å². The Balaban J connectivity index is 3.39. The molecule has 1 unspecified atom stereocenters. The Hall–Kier alpha value is -1.19. The minimum Gasteiger partial charge on any atom is -0.376 e. The lowest BCUT2D eigenvalue weighted by Gasteiger charge is -2.33. The summed E-state index contributed by atoms with van der Waals surface area (Å²) < 4.78 is 111. The molecular formula is C9H5F9O. The van der Waals surface area contributed by atoms with Crippen molar-refractivity contribution >= 4 is 0 Å². The second kappa shape index (κ2) is 4.15. The molecule has 19 heavy (non-hydrogen) atoms. The average molecular weight is 300 g/mol. The van der Waals surface area contributed by atoms with Gasteiger partial charge in [-0.1, -0.05) is 0 Å². The number of alkyl halides is 9. The molecule has 0 bridgehead atoms. The lowest BCUT2D eigenvalue weighted by atomic mass is 9.85. The van der Waals surface area contributed by atoms with Crippen LogP contribution in [0.2, 0.25) is 0 Å². The Morgan fingerprint density at radius 1 is 0.895 bits per heavy atom. The van der Waals surface area contributed by atoms with Gasteiger partial charge < -0.3 is 5.11 Å². The summed E-state index contributed by atoms with van der Waals surface area (Å²) >= 11 is 0. The van der Waals surface area contributed by atoms with E-state index in [2.05, 4.69) is 0 Å². The third-order valence-corrected chi connectivity index (χ3v) is 2.37. The average Bonchev–Trinajstić information content (AvgIpc) is 2.12. The monoisotopic (exact) mass is 300 g/mol. The highest BCUT2D eigenvalue weighted by molar-refractivity contribution is 5.39. The summed E-state index contributed by atoms with van der Waals surface area (Å²) in [6.45, 7) is 0. The first-order valence-corrected chi connectivity index (χ1v) is 4.54. The van der Waals surface area contributed by atoms with Crippen molar-refractivity contribution in [2.75, 3.05) is 0 Å². The van der Waals surface area contributed by atoms with E-state index in [1.54, 1.807) is 0 Å². The molecule has 1 N–H and O–H groups in total. The van der Waals surface area contributed by atoms with E-state index in [4.69, 9.17) is 5.11 Å². The maximum Gasteiger partial charge on any atom is 0.421 e. The van der Waals surface area contributed by atoms with Gasteiger partial charge in [0.1, 0.15) is 0 Å². The van der Waals surface area contributed by atoms with Gasteiger partial charge in [0.05, 0.1) is 5.57 Å². The van der Waals surface area contributed by atoms with Crippen LogP contribution in [0.4, 0.5) is 39.5 Å². The molecule has 0 spiro atoms. The molecular weight excluding hydrogens is 295 g/mol. The molecule has 1 aliphatic carbocycles. The van der Waals surface area contributed by atoms with Crippen LogP contribution < -0.4 is 0 Å². The quantitative estimate of drug-likeness (QED) is 0.677. The van der Waals surface area contributed by atoms with Crippen molar-refractivity contribution in [2.45, 2.75) is 30.6 Å². The lowest BCUT2D eigenvalue weighted by molar-refractivity contribution is -0.244. The highest BCUT2D eigenvalue weighted by atomic mass is 19.4. The molecule has 0 amide bonds. The smallest absolute Gasteiger partial charge is 0.376 e. The SMILES string of the molecule is OC1(C(F)(F)F)C=C(C(F)(F)F)C=C(C(F)(F)F)C1. The standard InChI is InChI=1S/C9H5F9O/c10-7(11,12)4-1-5(8(13,14)15)3-6(19,2-4)9(16,17)18/h1-2,19H,3H2. The van der Waals surface area contributed by atoms with Gasteiger partial charge in [0, 0.05) is 12.0 Å². The fraction of sp³-hybridized carbons (Fsp3) is 0.556.